The monoisotopic (exact) mass is 678 g/mol. The summed E-state index contributed by atoms with van der Waals surface area (Å²) in [6.07, 6.45) is 3.86. The molecular formula is C33H43FN2O10S. The number of nitrogens with one attached hydrogen (secondary N) is 2. The first-order valence-corrected chi connectivity index (χ1v) is 17.1. The lowest BCUT2D eigenvalue weighted by Crippen LogP contribution is -2.69. The van der Waals surface area contributed by atoms with Crippen LogP contribution in [0.15, 0.2) is 23.8 Å². The number of carbonyl (C=O) groups excluding carboxylic acids is 6. The second-order valence-corrected chi connectivity index (χ2v) is 15.2. The molecule has 1 saturated heterocycles. The summed E-state index contributed by atoms with van der Waals surface area (Å²) in [7, 11) is 0. The molecule has 3 amide bonds. The zero-order valence-corrected chi connectivity index (χ0v) is 27.7. The van der Waals surface area contributed by atoms with Crippen LogP contribution in [-0.2, 0) is 38.2 Å². The molecule has 4 N–H and O–H groups in total. The molecule has 12 nitrogen and oxygen atoms in total. The van der Waals surface area contributed by atoms with Crippen molar-refractivity contribution in [3.63, 3.8) is 0 Å². The summed E-state index contributed by atoms with van der Waals surface area (Å²) in [5.41, 5.74) is -5.85. The minimum absolute atomic E-state index is 0.0434. The maximum Gasteiger partial charge on any atom is 0.325 e. The molecule has 4 aliphatic carbocycles. The first kappa shape index (κ1) is 35.4. The Morgan fingerprint density at radius 3 is 2.62 bits per heavy atom. The summed E-state index contributed by atoms with van der Waals surface area (Å²) in [5.74, 6) is -4.23. The molecule has 5 aliphatic rings. The number of thioether (sulfide) groups is 1. The van der Waals surface area contributed by atoms with Gasteiger partial charge in [0.15, 0.2) is 18.1 Å². The standard InChI is InChI=1S/C33H43FN2O10S/c1-18-12-22-21-5-4-19-13-20(37)6-8-30(19,2)32(21,34)24(38)15-31(22,3)33(18,44)25(39)17-46-28(42)16-35-26(40)7-9-45-10-11-47-23-14-27(41)36-29(23)43/h6,8,13,18,21-24,38,44H,4-5,7,9-12,14-17H2,1-3H3,(H,35,40)(H,36,41,43)/t18-,21+,22+,23?,24+,30+,31+,32+,33+/m1/s1. The Bertz CT molecular complexity index is 1420. The van der Waals surface area contributed by atoms with E-state index in [-0.39, 0.29) is 50.1 Å². The largest absolute Gasteiger partial charge is 0.456 e. The van der Waals surface area contributed by atoms with Gasteiger partial charge in [0.1, 0.15) is 12.1 Å². The van der Waals surface area contributed by atoms with Crippen LogP contribution in [0.5, 0.6) is 0 Å². The van der Waals surface area contributed by atoms with Crippen molar-refractivity contribution in [3.8, 4) is 0 Å². The number of Topliss-reactive ketones (excluding diaryl/α,β-unsaturated/α-hetero) is 1. The van der Waals surface area contributed by atoms with Crippen LogP contribution in [0.4, 0.5) is 4.39 Å². The van der Waals surface area contributed by atoms with Crippen LogP contribution in [0.2, 0.25) is 0 Å². The number of halogens is 1. The highest BCUT2D eigenvalue weighted by Gasteiger charge is 2.75. The number of allylic oxidation sites excluding steroid dienone is 4. The van der Waals surface area contributed by atoms with Crippen molar-refractivity contribution in [1.29, 1.82) is 0 Å². The fourth-order valence-electron chi connectivity index (χ4n) is 8.89. The van der Waals surface area contributed by atoms with E-state index in [0.717, 1.165) is 0 Å². The molecule has 47 heavy (non-hydrogen) atoms. The Hall–Kier alpha value is -2.94. The summed E-state index contributed by atoms with van der Waals surface area (Å²) >= 11 is 1.29. The second kappa shape index (κ2) is 13.2. The molecule has 4 fully saturated rings. The van der Waals surface area contributed by atoms with Crippen molar-refractivity contribution in [2.24, 2.45) is 28.6 Å². The number of hydrogen-bond acceptors (Lipinski definition) is 11. The van der Waals surface area contributed by atoms with Gasteiger partial charge in [0.2, 0.25) is 23.5 Å². The van der Waals surface area contributed by atoms with Gasteiger partial charge in [0, 0.05) is 35.3 Å². The number of aliphatic hydroxyl groups excluding tert-OH is 1. The summed E-state index contributed by atoms with van der Waals surface area (Å²) in [4.78, 5) is 72.9. The molecule has 0 aromatic rings. The third-order valence-corrected chi connectivity index (χ3v) is 12.6. The van der Waals surface area contributed by atoms with E-state index in [1.807, 2.05) is 0 Å². The molecular weight excluding hydrogens is 635 g/mol. The highest BCUT2D eigenvalue weighted by atomic mass is 32.2. The van der Waals surface area contributed by atoms with Crippen molar-refractivity contribution in [1.82, 2.24) is 10.6 Å². The molecule has 258 valence electrons. The first-order chi connectivity index (χ1) is 22.1. The molecule has 9 atom stereocenters. The van der Waals surface area contributed by atoms with E-state index in [0.29, 0.717) is 30.6 Å². The van der Waals surface area contributed by atoms with Gasteiger partial charge >= 0.3 is 5.97 Å². The fourth-order valence-corrected chi connectivity index (χ4v) is 9.87. The molecule has 3 saturated carbocycles. The molecule has 14 heteroatoms. The first-order valence-electron chi connectivity index (χ1n) is 16.1. The van der Waals surface area contributed by atoms with E-state index in [4.69, 9.17) is 9.47 Å². The Balaban J connectivity index is 1.10. The maximum absolute atomic E-state index is 17.3. The van der Waals surface area contributed by atoms with Crippen LogP contribution >= 0.6 is 11.8 Å². The predicted molar refractivity (Wildman–Crippen MR) is 166 cm³/mol. The third-order valence-electron chi connectivity index (χ3n) is 11.4. The van der Waals surface area contributed by atoms with Crippen molar-refractivity contribution in [3.05, 3.63) is 23.8 Å². The highest BCUT2D eigenvalue weighted by Crippen LogP contribution is 2.70. The molecule has 0 radical (unpaired) electrons. The van der Waals surface area contributed by atoms with Gasteiger partial charge in [-0.25, -0.2) is 4.39 Å². The number of fused-ring (bicyclic) bond motifs is 5. The predicted octanol–water partition coefficient (Wildman–Crippen LogP) is 1.12. The molecule has 1 unspecified atom stereocenters. The zero-order valence-electron chi connectivity index (χ0n) is 26.8. The number of esters is 1. The van der Waals surface area contributed by atoms with Gasteiger partial charge in [0.05, 0.1) is 24.6 Å². The van der Waals surface area contributed by atoms with Crippen LogP contribution < -0.4 is 10.6 Å². The number of carbonyl (C=O) groups is 6. The fraction of sp³-hybridized carbons (Fsp3) is 0.697. The second-order valence-electron chi connectivity index (χ2n) is 13.9. The molecule has 1 aliphatic heterocycles. The number of ketones is 2. The topological polar surface area (TPSA) is 185 Å². The van der Waals surface area contributed by atoms with Gasteiger partial charge in [-0.3, -0.25) is 34.1 Å². The van der Waals surface area contributed by atoms with E-state index in [2.05, 4.69) is 10.6 Å². The maximum atomic E-state index is 17.3. The summed E-state index contributed by atoms with van der Waals surface area (Å²) in [6, 6.07) is 0. The van der Waals surface area contributed by atoms with Gasteiger partial charge in [-0.2, -0.15) is 0 Å². The van der Waals surface area contributed by atoms with Gasteiger partial charge < -0.3 is 25.0 Å². The average Bonchev–Trinajstić information content (AvgIpc) is 3.44. The van der Waals surface area contributed by atoms with Crippen LogP contribution in [-0.4, -0.2) is 100 Å². The molecule has 1 heterocycles. The van der Waals surface area contributed by atoms with E-state index in [1.54, 1.807) is 26.8 Å². The van der Waals surface area contributed by atoms with Gasteiger partial charge in [-0.1, -0.05) is 25.5 Å². The highest BCUT2D eigenvalue weighted by molar-refractivity contribution is 8.00. The molecule has 0 aromatic carbocycles. The van der Waals surface area contributed by atoms with E-state index in [1.165, 1.54) is 23.9 Å². The van der Waals surface area contributed by atoms with Gasteiger partial charge in [-0.05, 0) is 56.6 Å². The van der Waals surface area contributed by atoms with E-state index < -0.39 is 82.0 Å². The summed E-state index contributed by atoms with van der Waals surface area (Å²) in [5, 5.41) is 27.7. The Labute approximate surface area is 276 Å². The number of amides is 3. The lowest BCUT2D eigenvalue weighted by atomic mass is 9.44. The molecule has 0 aromatic heterocycles. The van der Waals surface area contributed by atoms with Crippen LogP contribution in [0, 0.1) is 28.6 Å². The summed E-state index contributed by atoms with van der Waals surface area (Å²) in [6.45, 7) is 4.18. The van der Waals surface area contributed by atoms with Crippen molar-refractivity contribution >= 4 is 47.0 Å². The minimum atomic E-state index is -2.10. The minimum Gasteiger partial charge on any atom is -0.456 e. The Morgan fingerprint density at radius 2 is 1.91 bits per heavy atom. The normalized spacial score (nSPS) is 39.0. The SMILES string of the molecule is C[C@@H]1C[C@H]2[C@@H]3CCC4=CC(=O)C=C[C@]4(C)[C@@]3(F)[C@@H](O)C[C@]2(C)[C@@]1(O)C(=O)COC(=O)CNC(=O)CCOCCSC1CC(=O)NC1=O. The number of imide groups is 1. The van der Waals surface area contributed by atoms with E-state index >= 15 is 4.39 Å². The number of alkyl halides is 1. The number of rotatable bonds is 12. The number of aliphatic hydroxyl groups is 2. The molecule has 0 bridgehead atoms. The quantitative estimate of drug-likeness (QED) is 0.132. The van der Waals surface area contributed by atoms with Crippen molar-refractivity contribution in [2.45, 2.75) is 81.9 Å². The van der Waals surface area contributed by atoms with Crippen molar-refractivity contribution < 1.29 is 52.8 Å². The zero-order chi connectivity index (χ0) is 34.4. The molecule has 5 rings (SSSR count). The van der Waals surface area contributed by atoms with Gasteiger partial charge in [-0.15, -0.1) is 11.8 Å². The molecule has 0 spiro atoms. The third kappa shape index (κ3) is 5.99. The smallest absolute Gasteiger partial charge is 0.325 e. The number of ether oxygens (including phenoxy) is 2. The lowest BCUT2D eigenvalue weighted by Gasteiger charge is -2.62. The van der Waals surface area contributed by atoms with Gasteiger partial charge in [0.25, 0.3) is 0 Å². The lowest BCUT2D eigenvalue weighted by molar-refractivity contribution is -0.219. The Kier molecular flexibility index (Phi) is 9.91. The van der Waals surface area contributed by atoms with Crippen molar-refractivity contribution in [2.75, 3.05) is 32.1 Å². The van der Waals surface area contributed by atoms with Crippen LogP contribution in [0.1, 0.15) is 59.3 Å². The summed E-state index contributed by atoms with van der Waals surface area (Å²) < 4.78 is 27.8. The Morgan fingerprint density at radius 1 is 1.17 bits per heavy atom. The van der Waals surface area contributed by atoms with E-state index in [9.17, 15) is 39.0 Å². The average molecular weight is 679 g/mol. The number of hydrogen-bond donors (Lipinski definition) is 4. The van der Waals surface area contributed by atoms with Crippen LogP contribution in [0.25, 0.3) is 0 Å². The van der Waals surface area contributed by atoms with Crippen LogP contribution in [0.3, 0.4) is 0 Å².